The van der Waals surface area contributed by atoms with Gasteiger partial charge in [0.1, 0.15) is 17.3 Å². The summed E-state index contributed by atoms with van der Waals surface area (Å²) >= 11 is 0. The maximum atomic E-state index is 13.0. The maximum Gasteiger partial charge on any atom is 0.178 e. The zero-order chi connectivity index (χ0) is 11.0. The molecule has 3 nitrogen and oxygen atoms in total. The van der Waals surface area contributed by atoms with Crippen LogP contribution in [-0.2, 0) is 0 Å². The molecule has 0 bridgehead atoms. The number of rotatable bonds is 1. The number of ketones is 1. The lowest BCUT2D eigenvalue weighted by atomic mass is 10.1. The van der Waals surface area contributed by atoms with Crippen molar-refractivity contribution in [3.05, 3.63) is 35.5 Å². The molecule has 0 aliphatic carbocycles. The molecule has 0 unspecified atom stereocenters. The molecule has 0 aliphatic heterocycles. The van der Waals surface area contributed by atoms with Gasteiger partial charge in [-0.3, -0.25) is 4.79 Å². The quantitative estimate of drug-likeness (QED) is 0.669. The number of aromatic nitrogens is 2. The van der Waals surface area contributed by atoms with E-state index < -0.39 is 0 Å². The molecule has 1 aromatic carbocycles. The molecule has 2 rings (SSSR count). The molecule has 15 heavy (non-hydrogen) atoms. The van der Waals surface area contributed by atoms with E-state index in [0.717, 1.165) is 0 Å². The third-order valence-electron chi connectivity index (χ3n) is 2.10. The summed E-state index contributed by atoms with van der Waals surface area (Å²) in [5, 5.41) is 0.592. The SMILES string of the molecule is CC(=O)c1nc(C)nc2cc(F)ccc12. The van der Waals surface area contributed by atoms with Crippen molar-refractivity contribution in [3.63, 3.8) is 0 Å². The number of hydrogen-bond acceptors (Lipinski definition) is 3. The zero-order valence-electron chi connectivity index (χ0n) is 8.41. The Morgan fingerprint density at radius 3 is 2.73 bits per heavy atom. The molecule has 0 saturated heterocycles. The normalized spacial score (nSPS) is 10.6. The summed E-state index contributed by atoms with van der Waals surface area (Å²) in [6.07, 6.45) is 0. The number of aryl methyl sites for hydroxylation is 1. The van der Waals surface area contributed by atoms with Gasteiger partial charge in [-0.05, 0) is 19.1 Å². The first-order valence-electron chi connectivity index (χ1n) is 4.53. The second-order valence-electron chi connectivity index (χ2n) is 3.34. The highest BCUT2D eigenvalue weighted by molar-refractivity contribution is 6.04. The topological polar surface area (TPSA) is 42.9 Å². The summed E-state index contributed by atoms with van der Waals surface area (Å²) in [4.78, 5) is 19.4. The lowest BCUT2D eigenvalue weighted by Gasteiger charge is -2.03. The fraction of sp³-hybridized carbons (Fsp3) is 0.182. The molecule has 76 valence electrons. The van der Waals surface area contributed by atoms with Gasteiger partial charge in [-0.25, -0.2) is 14.4 Å². The Bertz CT molecular complexity index is 546. The molecule has 0 radical (unpaired) electrons. The van der Waals surface area contributed by atoms with Gasteiger partial charge < -0.3 is 0 Å². The van der Waals surface area contributed by atoms with Crippen LogP contribution >= 0.6 is 0 Å². The van der Waals surface area contributed by atoms with Crippen molar-refractivity contribution >= 4 is 16.7 Å². The Morgan fingerprint density at radius 2 is 2.07 bits per heavy atom. The van der Waals surface area contributed by atoms with Crippen LogP contribution in [-0.4, -0.2) is 15.8 Å². The summed E-state index contributed by atoms with van der Waals surface area (Å²) in [6.45, 7) is 3.11. The van der Waals surface area contributed by atoms with Crippen LogP contribution in [0.2, 0.25) is 0 Å². The molecule has 0 N–H and O–H groups in total. The molecule has 0 aliphatic rings. The van der Waals surface area contributed by atoms with Crippen LogP contribution in [0.4, 0.5) is 4.39 Å². The third kappa shape index (κ3) is 1.70. The number of carbonyl (C=O) groups is 1. The van der Waals surface area contributed by atoms with E-state index in [0.29, 0.717) is 22.4 Å². The number of carbonyl (C=O) groups excluding carboxylic acids is 1. The highest BCUT2D eigenvalue weighted by Crippen LogP contribution is 2.17. The number of Topliss-reactive ketones (excluding diaryl/α,β-unsaturated/α-hetero) is 1. The van der Waals surface area contributed by atoms with Crippen LogP contribution in [0.5, 0.6) is 0 Å². The Balaban J connectivity index is 2.86. The van der Waals surface area contributed by atoms with Crippen LogP contribution < -0.4 is 0 Å². The van der Waals surface area contributed by atoms with Crippen molar-refractivity contribution < 1.29 is 9.18 Å². The average molecular weight is 204 g/mol. The third-order valence-corrected chi connectivity index (χ3v) is 2.10. The lowest BCUT2D eigenvalue weighted by molar-refractivity contribution is 0.101. The number of nitrogens with zero attached hydrogens (tertiary/aromatic N) is 2. The number of benzene rings is 1. The first kappa shape index (κ1) is 9.71. The fourth-order valence-electron chi connectivity index (χ4n) is 1.49. The molecule has 1 heterocycles. The van der Waals surface area contributed by atoms with Gasteiger partial charge in [0, 0.05) is 18.4 Å². The summed E-state index contributed by atoms with van der Waals surface area (Å²) in [6, 6.07) is 4.13. The van der Waals surface area contributed by atoms with Crippen molar-refractivity contribution in [2.75, 3.05) is 0 Å². The minimum absolute atomic E-state index is 0.142. The second-order valence-corrected chi connectivity index (χ2v) is 3.34. The Kier molecular flexibility index (Phi) is 2.19. The van der Waals surface area contributed by atoms with E-state index >= 15 is 0 Å². The lowest BCUT2D eigenvalue weighted by Crippen LogP contribution is -2.02. The minimum Gasteiger partial charge on any atom is -0.293 e. The van der Waals surface area contributed by atoms with Crippen LogP contribution in [0.1, 0.15) is 23.2 Å². The Morgan fingerprint density at radius 1 is 1.33 bits per heavy atom. The van der Waals surface area contributed by atoms with Crippen molar-refractivity contribution in [1.82, 2.24) is 9.97 Å². The molecule has 1 aromatic heterocycles. The predicted octanol–water partition coefficient (Wildman–Crippen LogP) is 2.28. The van der Waals surface area contributed by atoms with Crippen molar-refractivity contribution in [2.24, 2.45) is 0 Å². The van der Waals surface area contributed by atoms with Crippen LogP contribution in [0.3, 0.4) is 0 Å². The standard InChI is InChI=1S/C11H9FN2O/c1-6(15)11-9-4-3-8(12)5-10(9)13-7(2)14-11/h3-5H,1-2H3. The van der Waals surface area contributed by atoms with Gasteiger partial charge in [-0.15, -0.1) is 0 Å². The predicted molar refractivity (Wildman–Crippen MR) is 54.2 cm³/mol. The molecular weight excluding hydrogens is 195 g/mol. The van der Waals surface area contributed by atoms with Gasteiger partial charge in [0.15, 0.2) is 5.78 Å². The first-order valence-corrected chi connectivity index (χ1v) is 4.53. The molecule has 0 fully saturated rings. The second kappa shape index (κ2) is 3.38. The summed E-state index contributed by atoms with van der Waals surface area (Å²) in [7, 11) is 0. The summed E-state index contributed by atoms with van der Waals surface area (Å²) < 4.78 is 13.0. The van der Waals surface area contributed by atoms with Crippen LogP contribution in [0.25, 0.3) is 10.9 Å². The number of fused-ring (bicyclic) bond motifs is 1. The Labute approximate surface area is 86.0 Å². The molecule has 0 amide bonds. The van der Waals surface area contributed by atoms with Crippen molar-refractivity contribution in [1.29, 1.82) is 0 Å². The highest BCUT2D eigenvalue weighted by atomic mass is 19.1. The van der Waals surface area contributed by atoms with Gasteiger partial charge in [0.25, 0.3) is 0 Å². The zero-order valence-corrected chi connectivity index (χ0v) is 8.41. The molecular formula is C11H9FN2O. The smallest absolute Gasteiger partial charge is 0.178 e. The largest absolute Gasteiger partial charge is 0.293 e. The van der Waals surface area contributed by atoms with E-state index in [1.54, 1.807) is 6.92 Å². The first-order chi connectivity index (χ1) is 7.08. The van der Waals surface area contributed by atoms with Gasteiger partial charge in [0.2, 0.25) is 0 Å². The van der Waals surface area contributed by atoms with Crippen LogP contribution in [0, 0.1) is 12.7 Å². The van der Waals surface area contributed by atoms with Gasteiger partial charge in [-0.2, -0.15) is 0 Å². The fourth-order valence-corrected chi connectivity index (χ4v) is 1.49. The molecule has 4 heteroatoms. The van der Waals surface area contributed by atoms with E-state index in [4.69, 9.17) is 0 Å². The van der Waals surface area contributed by atoms with E-state index in [-0.39, 0.29) is 11.6 Å². The summed E-state index contributed by atoms with van der Waals surface area (Å²) in [5.74, 6) is -0.0366. The summed E-state index contributed by atoms with van der Waals surface area (Å²) in [5.41, 5.74) is 0.810. The van der Waals surface area contributed by atoms with E-state index in [1.165, 1.54) is 25.1 Å². The molecule has 0 spiro atoms. The van der Waals surface area contributed by atoms with Crippen LogP contribution in [0.15, 0.2) is 18.2 Å². The highest BCUT2D eigenvalue weighted by Gasteiger charge is 2.09. The average Bonchev–Trinajstić information content (AvgIpc) is 2.15. The number of halogens is 1. The molecule has 2 aromatic rings. The maximum absolute atomic E-state index is 13.0. The number of hydrogen-bond donors (Lipinski definition) is 0. The van der Waals surface area contributed by atoms with Gasteiger partial charge in [0.05, 0.1) is 5.52 Å². The van der Waals surface area contributed by atoms with E-state index in [1.807, 2.05) is 0 Å². The van der Waals surface area contributed by atoms with E-state index in [9.17, 15) is 9.18 Å². The van der Waals surface area contributed by atoms with Crippen molar-refractivity contribution in [2.45, 2.75) is 13.8 Å². The van der Waals surface area contributed by atoms with Gasteiger partial charge >= 0.3 is 0 Å². The Hall–Kier alpha value is -1.84. The minimum atomic E-state index is -0.366. The molecule has 0 saturated carbocycles. The van der Waals surface area contributed by atoms with E-state index in [2.05, 4.69) is 9.97 Å². The monoisotopic (exact) mass is 204 g/mol. The van der Waals surface area contributed by atoms with Gasteiger partial charge in [-0.1, -0.05) is 0 Å². The molecule has 0 atom stereocenters. The van der Waals surface area contributed by atoms with Crippen molar-refractivity contribution in [3.8, 4) is 0 Å².